The molecular weight excluding hydrogens is 192 g/mol. The second kappa shape index (κ2) is 3.61. The molecule has 0 atom stereocenters. The van der Waals surface area contributed by atoms with Crippen molar-refractivity contribution in [3.63, 3.8) is 0 Å². The highest BCUT2D eigenvalue weighted by atomic mass is 33.5. The minimum absolute atomic E-state index is 1.33. The van der Waals surface area contributed by atoms with E-state index in [0.29, 0.717) is 0 Å². The van der Waals surface area contributed by atoms with Crippen LogP contribution in [0.25, 0.3) is 4.91 Å². The first-order chi connectivity index (χ1) is 5.47. The van der Waals surface area contributed by atoms with E-state index in [0.717, 1.165) is 0 Å². The van der Waals surface area contributed by atoms with Crippen LogP contribution in [-0.2, 0) is 0 Å². The molecule has 0 spiro atoms. The Labute approximate surface area is 77.6 Å². The Morgan fingerprint density at radius 1 is 1.00 bits per heavy atom. The maximum Gasteiger partial charge on any atom is 0.0335 e. The van der Waals surface area contributed by atoms with Gasteiger partial charge >= 0.3 is 0 Å². The average Bonchev–Trinajstić information content (AvgIpc) is 2.58. The number of benzene rings is 1. The lowest BCUT2D eigenvalue weighted by molar-refractivity contribution is 1.66. The molecule has 0 aliphatic carbocycles. The molecule has 0 saturated heterocycles. The lowest BCUT2D eigenvalue weighted by Crippen LogP contribution is -1.72. The van der Waals surface area contributed by atoms with Gasteiger partial charge in [-0.05, 0) is 31.6 Å². The molecule has 1 aromatic carbocycles. The van der Waals surface area contributed by atoms with E-state index in [1.807, 2.05) is 26.7 Å². The molecule has 1 aliphatic heterocycles. The minimum atomic E-state index is 1.33. The van der Waals surface area contributed by atoms with Crippen molar-refractivity contribution in [1.29, 1.82) is 0 Å². The van der Waals surface area contributed by atoms with Gasteiger partial charge in [0.2, 0.25) is 0 Å². The van der Waals surface area contributed by atoms with E-state index in [1.165, 1.54) is 10.5 Å². The number of hydrogen-bond acceptors (Lipinski definition) is 3. The highest BCUT2D eigenvalue weighted by Crippen LogP contribution is 2.52. The molecule has 1 heterocycles. The van der Waals surface area contributed by atoms with E-state index in [9.17, 15) is 0 Å². The molecule has 11 heavy (non-hydrogen) atoms. The fourth-order valence-electron chi connectivity index (χ4n) is 0.858. The standard InChI is InChI=1S/C8H6S3/c1-2-4-7(5-3-1)8-6-9-11-10-8/h1-6H. The van der Waals surface area contributed by atoms with E-state index in [1.54, 1.807) is 10.8 Å². The molecule has 0 N–H and O–H groups in total. The second-order valence-corrected chi connectivity index (χ2v) is 5.98. The van der Waals surface area contributed by atoms with Gasteiger partial charge in [-0.1, -0.05) is 41.1 Å². The molecule has 0 amide bonds. The SMILES string of the molecule is C1=C(c2ccccc2)SSS1. The molecule has 2 rings (SSSR count). The van der Waals surface area contributed by atoms with Gasteiger partial charge in [0, 0.05) is 4.91 Å². The van der Waals surface area contributed by atoms with Crippen LogP contribution in [-0.4, -0.2) is 0 Å². The third-order valence-electron chi connectivity index (χ3n) is 1.38. The Hall–Kier alpha value is 0.01000. The van der Waals surface area contributed by atoms with E-state index < -0.39 is 0 Å². The molecule has 1 aromatic rings. The van der Waals surface area contributed by atoms with E-state index in [4.69, 9.17) is 0 Å². The van der Waals surface area contributed by atoms with Gasteiger partial charge in [0.25, 0.3) is 0 Å². The van der Waals surface area contributed by atoms with Crippen molar-refractivity contribution >= 4 is 36.3 Å². The lowest BCUT2D eigenvalue weighted by Gasteiger charge is -1.96. The first kappa shape index (κ1) is 7.65. The predicted molar refractivity (Wildman–Crippen MR) is 57.2 cm³/mol. The van der Waals surface area contributed by atoms with Crippen molar-refractivity contribution < 1.29 is 0 Å². The molecule has 1 aliphatic rings. The lowest BCUT2D eigenvalue weighted by atomic mass is 10.2. The molecule has 0 aromatic heterocycles. The third kappa shape index (κ3) is 1.78. The highest BCUT2D eigenvalue weighted by molar-refractivity contribution is 9.13. The first-order valence-corrected chi connectivity index (χ1v) is 6.77. The van der Waals surface area contributed by atoms with Crippen molar-refractivity contribution in [2.24, 2.45) is 0 Å². The van der Waals surface area contributed by atoms with Crippen molar-refractivity contribution in [2.45, 2.75) is 0 Å². The molecule has 3 heteroatoms. The maximum atomic E-state index is 2.20. The van der Waals surface area contributed by atoms with Gasteiger partial charge in [-0.2, -0.15) is 0 Å². The van der Waals surface area contributed by atoms with E-state index in [-0.39, 0.29) is 0 Å². The zero-order chi connectivity index (χ0) is 7.52. The van der Waals surface area contributed by atoms with Gasteiger partial charge in [0.05, 0.1) is 0 Å². The van der Waals surface area contributed by atoms with Crippen LogP contribution in [0.2, 0.25) is 0 Å². The van der Waals surface area contributed by atoms with Gasteiger partial charge in [0.15, 0.2) is 0 Å². The Kier molecular flexibility index (Phi) is 2.51. The molecule has 0 nitrogen and oxygen atoms in total. The minimum Gasteiger partial charge on any atom is -0.0622 e. The number of rotatable bonds is 1. The summed E-state index contributed by atoms with van der Waals surface area (Å²) in [5, 5.41) is 2.20. The average molecular weight is 198 g/mol. The summed E-state index contributed by atoms with van der Waals surface area (Å²) < 4.78 is 0. The molecule has 0 bridgehead atoms. The molecule has 0 radical (unpaired) electrons. The molecule has 0 unspecified atom stereocenters. The summed E-state index contributed by atoms with van der Waals surface area (Å²) in [5.41, 5.74) is 1.33. The van der Waals surface area contributed by atoms with Gasteiger partial charge in [-0.15, -0.1) is 0 Å². The van der Waals surface area contributed by atoms with Crippen LogP contribution in [0.4, 0.5) is 0 Å². The Bertz CT molecular complexity index is 266. The van der Waals surface area contributed by atoms with Crippen LogP contribution in [0.15, 0.2) is 35.7 Å². The highest BCUT2D eigenvalue weighted by Gasteiger charge is 2.07. The van der Waals surface area contributed by atoms with E-state index >= 15 is 0 Å². The van der Waals surface area contributed by atoms with Crippen LogP contribution in [0.5, 0.6) is 0 Å². The number of hydrogen-bond donors (Lipinski definition) is 0. The monoisotopic (exact) mass is 198 g/mol. The third-order valence-corrected chi connectivity index (χ3v) is 5.12. The zero-order valence-electron chi connectivity index (χ0n) is 5.69. The summed E-state index contributed by atoms with van der Waals surface area (Å²) in [6, 6.07) is 10.5. The van der Waals surface area contributed by atoms with Crippen LogP contribution in [0.3, 0.4) is 0 Å². The Morgan fingerprint density at radius 3 is 2.45 bits per heavy atom. The molecule has 0 fully saturated rings. The fraction of sp³-hybridized carbons (Fsp3) is 0. The molecule has 0 saturated carbocycles. The molecule has 56 valence electrons. The summed E-state index contributed by atoms with van der Waals surface area (Å²) in [7, 11) is 5.45. The Balaban J connectivity index is 2.29. The van der Waals surface area contributed by atoms with Crippen molar-refractivity contribution in [1.82, 2.24) is 0 Å². The quantitative estimate of drug-likeness (QED) is 0.625. The van der Waals surface area contributed by atoms with Gasteiger partial charge in [0.1, 0.15) is 0 Å². The van der Waals surface area contributed by atoms with Crippen LogP contribution in [0, 0.1) is 0 Å². The zero-order valence-corrected chi connectivity index (χ0v) is 8.14. The topological polar surface area (TPSA) is 0 Å². The fourth-order valence-corrected chi connectivity index (χ4v) is 4.70. The van der Waals surface area contributed by atoms with E-state index in [2.05, 4.69) is 29.7 Å². The largest absolute Gasteiger partial charge is 0.0622 e. The predicted octanol–water partition coefficient (Wildman–Crippen LogP) is 4.03. The summed E-state index contributed by atoms with van der Waals surface area (Å²) in [6.07, 6.45) is 0. The van der Waals surface area contributed by atoms with Crippen LogP contribution in [0.1, 0.15) is 5.56 Å². The molecular formula is C8H6S3. The maximum absolute atomic E-state index is 2.20. The van der Waals surface area contributed by atoms with Crippen LogP contribution >= 0.6 is 31.4 Å². The van der Waals surface area contributed by atoms with Crippen molar-refractivity contribution in [3.8, 4) is 0 Å². The van der Waals surface area contributed by atoms with Crippen molar-refractivity contribution in [2.75, 3.05) is 0 Å². The van der Waals surface area contributed by atoms with Gasteiger partial charge in [-0.3, -0.25) is 0 Å². The summed E-state index contributed by atoms with van der Waals surface area (Å²) in [4.78, 5) is 1.38. The van der Waals surface area contributed by atoms with Gasteiger partial charge in [-0.25, -0.2) is 0 Å². The van der Waals surface area contributed by atoms with Gasteiger partial charge < -0.3 is 0 Å². The Morgan fingerprint density at radius 2 is 1.82 bits per heavy atom. The summed E-state index contributed by atoms with van der Waals surface area (Å²) >= 11 is 0. The normalized spacial score (nSPS) is 16.5. The smallest absolute Gasteiger partial charge is 0.0335 e. The summed E-state index contributed by atoms with van der Waals surface area (Å²) in [5.74, 6) is 0. The van der Waals surface area contributed by atoms with Crippen LogP contribution < -0.4 is 0 Å². The first-order valence-electron chi connectivity index (χ1n) is 3.22. The van der Waals surface area contributed by atoms with Crippen molar-refractivity contribution in [3.05, 3.63) is 41.3 Å². The second-order valence-electron chi connectivity index (χ2n) is 2.10. The summed E-state index contributed by atoms with van der Waals surface area (Å²) in [6.45, 7) is 0.